The van der Waals surface area contributed by atoms with E-state index in [0.29, 0.717) is 18.8 Å². The molecule has 34 heavy (non-hydrogen) atoms. The third-order valence-corrected chi connectivity index (χ3v) is 8.47. The highest BCUT2D eigenvalue weighted by molar-refractivity contribution is 7.91. The Balaban J connectivity index is 1.28. The number of nitrogens with zero attached hydrogens (tertiary/aromatic N) is 5. The topological polar surface area (TPSA) is 74.8 Å². The molecule has 3 heterocycles. The van der Waals surface area contributed by atoms with E-state index in [-0.39, 0.29) is 0 Å². The van der Waals surface area contributed by atoms with Crippen LogP contribution < -0.4 is 9.03 Å². The fourth-order valence-electron chi connectivity index (χ4n) is 5.01. The van der Waals surface area contributed by atoms with Crippen LogP contribution in [0.3, 0.4) is 0 Å². The second-order valence-electron chi connectivity index (χ2n) is 9.22. The highest BCUT2D eigenvalue weighted by Gasteiger charge is 2.51. The lowest BCUT2D eigenvalue weighted by Crippen LogP contribution is -2.54. The molecule has 0 aliphatic carbocycles. The van der Waals surface area contributed by atoms with Crippen molar-refractivity contribution in [2.45, 2.75) is 38.4 Å². The van der Waals surface area contributed by atoms with Crippen molar-refractivity contribution in [3.8, 4) is 0 Å². The van der Waals surface area contributed by atoms with Crippen molar-refractivity contribution < 1.29 is 8.42 Å². The number of benzene rings is 2. The molecule has 2 aromatic carbocycles. The summed E-state index contributed by atoms with van der Waals surface area (Å²) in [6.07, 6.45) is 5.27. The lowest BCUT2D eigenvalue weighted by Gasteiger charge is -2.43. The van der Waals surface area contributed by atoms with Crippen LogP contribution >= 0.6 is 0 Å². The van der Waals surface area contributed by atoms with E-state index < -0.39 is 15.7 Å². The summed E-state index contributed by atoms with van der Waals surface area (Å²) in [5, 5.41) is 0. The maximum atomic E-state index is 12.9. The number of hydrogen-bond donors (Lipinski definition) is 1. The average molecular weight is 477 g/mol. The fourth-order valence-corrected chi connectivity index (χ4v) is 6.74. The maximum Gasteiger partial charge on any atom is 0.302 e. The van der Waals surface area contributed by atoms with Gasteiger partial charge in [-0.25, -0.2) is 9.83 Å². The highest BCUT2D eigenvalue weighted by Crippen LogP contribution is 2.39. The first-order chi connectivity index (χ1) is 16.4. The van der Waals surface area contributed by atoms with Crippen molar-refractivity contribution in [1.29, 1.82) is 0 Å². The molecule has 2 aliphatic heterocycles. The standard InChI is InChI=1S/C25H28N6O2S/c1-20-4-3-5-23(14-20)31-25(18-28-34(31,32)33)10-12-29(13-11-25)17-24-15-27-19-30(24)16-21-6-8-22(26-2)9-7-21/h3-9,14-15,19,28H,10-13,16-18H2,1H3. The van der Waals surface area contributed by atoms with Gasteiger partial charge >= 0.3 is 10.2 Å². The Morgan fingerprint density at radius 1 is 1.12 bits per heavy atom. The first-order valence-corrected chi connectivity index (χ1v) is 12.9. The van der Waals surface area contributed by atoms with Crippen LogP contribution in [0.5, 0.6) is 0 Å². The summed E-state index contributed by atoms with van der Waals surface area (Å²) in [5.41, 5.74) is 4.23. The summed E-state index contributed by atoms with van der Waals surface area (Å²) in [5.74, 6) is 0. The molecule has 0 radical (unpaired) electrons. The summed E-state index contributed by atoms with van der Waals surface area (Å²) in [7, 11) is -3.55. The third kappa shape index (κ3) is 4.32. The van der Waals surface area contributed by atoms with Gasteiger partial charge < -0.3 is 4.57 Å². The number of imidazole rings is 1. The predicted octanol–water partition coefficient (Wildman–Crippen LogP) is 3.48. The van der Waals surface area contributed by atoms with Crippen LogP contribution in [0, 0.1) is 13.5 Å². The van der Waals surface area contributed by atoms with Gasteiger partial charge in [-0.3, -0.25) is 9.21 Å². The molecule has 0 unspecified atom stereocenters. The van der Waals surface area contributed by atoms with E-state index in [1.807, 2.05) is 68.0 Å². The molecule has 0 saturated carbocycles. The zero-order chi connectivity index (χ0) is 23.8. The number of aryl methyl sites for hydroxylation is 1. The summed E-state index contributed by atoms with van der Waals surface area (Å²) < 4.78 is 32.4. The molecule has 0 amide bonds. The second-order valence-corrected chi connectivity index (χ2v) is 10.8. The Morgan fingerprint density at radius 3 is 2.59 bits per heavy atom. The fraction of sp³-hybridized carbons (Fsp3) is 0.360. The van der Waals surface area contributed by atoms with E-state index in [2.05, 4.69) is 24.0 Å². The first-order valence-electron chi connectivity index (χ1n) is 11.4. The van der Waals surface area contributed by atoms with E-state index in [9.17, 15) is 8.42 Å². The van der Waals surface area contributed by atoms with E-state index >= 15 is 0 Å². The van der Waals surface area contributed by atoms with Gasteiger partial charge in [-0.2, -0.15) is 13.1 Å². The molecule has 2 fully saturated rings. The zero-order valence-electron chi connectivity index (χ0n) is 19.2. The summed E-state index contributed by atoms with van der Waals surface area (Å²) >= 11 is 0. The Kier molecular flexibility index (Phi) is 5.90. The Hall–Kier alpha value is -3.19. The van der Waals surface area contributed by atoms with Gasteiger partial charge in [-0.15, -0.1) is 0 Å². The number of piperidine rings is 1. The number of rotatable bonds is 5. The van der Waals surface area contributed by atoms with Crippen LogP contribution in [0.4, 0.5) is 11.4 Å². The van der Waals surface area contributed by atoms with E-state index in [4.69, 9.17) is 6.57 Å². The number of nitrogens with one attached hydrogen (secondary N) is 1. The van der Waals surface area contributed by atoms with Crippen molar-refractivity contribution in [3.05, 3.63) is 89.3 Å². The molecule has 9 heteroatoms. The van der Waals surface area contributed by atoms with Crippen molar-refractivity contribution in [1.82, 2.24) is 19.2 Å². The second kappa shape index (κ2) is 8.87. The molecular formula is C25H28N6O2S. The smallest absolute Gasteiger partial charge is 0.302 e. The molecule has 176 valence electrons. The number of anilines is 1. The quantitative estimate of drug-likeness (QED) is 0.572. The molecule has 0 bridgehead atoms. The van der Waals surface area contributed by atoms with Gasteiger partial charge in [-0.1, -0.05) is 36.4 Å². The minimum Gasteiger partial charge on any atom is -0.329 e. The number of aromatic nitrogens is 2. The monoisotopic (exact) mass is 476 g/mol. The van der Waals surface area contributed by atoms with Crippen LogP contribution in [0.25, 0.3) is 4.85 Å². The lowest BCUT2D eigenvalue weighted by atomic mass is 9.87. The van der Waals surface area contributed by atoms with Gasteiger partial charge in [0.15, 0.2) is 5.69 Å². The summed E-state index contributed by atoms with van der Waals surface area (Å²) in [6, 6.07) is 15.4. The molecule has 2 aliphatic rings. The zero-order valence-corrected chi connectivity index (χ0v) is 20.0. The molecule has 1 spiro atoms. The van der Waals surface area contributed by atoms with Gasteiger partial charge in [0.25, 0.3) is 0 Å². The maximum absolute atomic E-state index is 12.9. The van der Waals surface area contributed by atoms with Crippen LogP contribution in [0.15, 0.2) is 61.1 Å². The third-order valence-electron chi connectivity index (χ3n) is 6.88. The van der Waals surface area contributed by atoms with Crippen molar-refractivity contribution in [2.75, 3.05) is 23.9 Å². The van der Waals surface area contributed by atoms with Gasteiger partial charge in [0.1, 0.15) is 0 Å². The van der Waals surface area contributed by atoms with Crippen molar-refractivity contribution >= 4 is 21.6 Å². The Bertz CT molecular complexity index is 1320. The number of likely N-dealkylation sites (tertiary alicyclic amines) is 1. The number of hydrogen-bond acceptors (Lipinski definition) is 4. The minimum absolute atomic E-state index is 0.436. The van der Waals surface area contributed by atoms with Crippen LogP contribution in [0.1, 0.15) is 29.7 Å². The molecular weight excluding hydrogens is 448 g/mol. The molecule has 3 aromatic rings. The normalized spacial score (nSPS) is 19.4. The Morgan fingerprint density at radius 2 is 1.88 bits per heavy atom. The predicted molar refractivity (Wildman–Crippen MR) is 132 cm³/mol. The largest absolute Gasteiger partial charge is 0.329 e. The van der Waals surface area contributed by atoms with E-state index in [0.717, 1.165) is 55.0 Å². The minimum atomic E-state index is -3.55. The van der Waals surface area contributed by atoms with E-state index in [1.165, 1.54) is 0 Å². The summed E-state index contributed by atoms with van der Waals surface area (Å²) in [6.45, 7) is 12.6. The molecule has 2 saturated heterocycles. The highest BCUT2D eigenvalue weighted by atomic mass is 32.2. The average Bonchev–Trinajstić information content (AvgIpc) is 3.37. The van der Waals surface area contributed by atoms with Crippen LogP contribution in [-0.2, 0) is 23.3 Å². The van der Waals surface area contributed by atoms with Crippen molar-refractivity contribution in [3.63, 3.8) is 0 Å². The lowest BCUT2D eigenvalue weighted by molar-refractivity contribution is 0.162. The molecule has 5 rings (SSSR count). The van der Waals surface area contributed by atoms with E-state index in [1.54, 1.807) is 4.31 Å². The van der Waals surface area contributed by atoms with Crippen molar-refractivity contribution in [2.24, 2.45) is 0 Å². The van der Waals surface area contributed by atoms with Gasteiger partial charge in [0.2, 0.25) is 0 Å². The SMILES string of the molecule is [C-]#[N+]c1ccc(Cn2cncc2CN2CCC3(CC2)CNS(=O)(=O)N3c2cccc(C)c2)cc1. The van der Waals surface area contributed by atoms with Crippen LogP contribution in [0.2, 0.25) is 0 Å². The summed E-state index contributed by atoms with van der Waals surface area (Å²) in [4.78, 5) is 10.2. The molecule has 8 nitrogen and oxygen atoms in total. The Labute approximate surface area is 200 Å². The van der Waals surface area contributed by atoms with Gasteiger partial charge in [-0.05, 0) is 43.0 Å². The first kappa shape index (κ1) is 22.6. The van der Waals surface area contributed by atoms with Gasteiger partial charge in [0.05, 0.1) is 29.8 Å². The molecule has 1 aromatic heterocycles. The molecule has 1 N–H and O–H groups in total. The molecule has 0 atom stereocenters. The van der Waals surface area contributed by atoms with Gasteiger partial charge in [0, 0.05) is 38.9 Å². The van der Waals surface area contributed by atoms with Crippen LogP contribution in [-0.4, -0.2) is 48.0 Å².